The molecule has 0 spiro atoms. The van der Waals surface area contributed by atoms with Gasteiger partial charge in [-0.2, -0.15) is 0 Å². The fourth-order valence-corrected chi connectivity index (χ4v) is 4.32. The van der Waals surface area contributed by atoms with E-state index in [1.807, 2.05) is 0 Å². The average molecular weight is 293 g/mol. The summed E-state index contributed by atoms with van der Waals surface area (Å²) in [6.07, 6.45) is 10.5. The van der Waals surface area contributed by atoms with Crippen LogP contribution in [-0.2, 0) is 4.74 Å². The minimum Gasteiger partial charge on any atom is -0.372 e. The quantitative estimate of drug-likeness (QED) is 0.830. The molecule has 4 heteroatoms. The zero-order valence-corrected chi connectivity index (χ0v) is 13.3. The molecule has 0 aromatic carbocycles. The normalized spacial score (nSPS) is 38.6. The highest BCUT2D eigenvalue weighted by atomic mass is 16.5. The molecule has 3 saturated heterocycles. The molecular formula is C17H31N3O. The first-order chi connectivity index (χ1) is 10.4. The van der Waals surface area contributed by atoms with Crippen LogP contribution in [0, 0.1) is 0 Å². The lowest BCUT2D eigenvalue weighted by Gasteiger charge is -2.44. The molecule has 3 atom stereocenters. The first-order valence-corrected chi connectivity index (χ1v) is 9.22. The lowest BCUT2D eigenvalue weighted by atomic mass is 9.99. The Morgan fingerprint density at radius 1 is 0.905 bits per heavy atom. The molecule has 0 aromatic rings. The van der Waals surface area contributed by atoms with Crippen molar-refractivity contribution in [2.24, 2.45) is 0 Å². The number of hydrogen-bond acceptors (Lipinski definition) is 4. The zero-order valence-electron chi connectivity index (χ0n) is 13.3. The van der Waals surface area contributed by atoms with Gasteiger partial charge in [-0.05, 0) is 45.1 Å². The number of piperidine rings is 1. The third-order valence-corrected chi connectivity index (χ3v) is 5.79. The molecule has 4 aliphatic rings. The van der Waals surface area contributed by atoms with Gasteiger partial charge in [-0.25, -0.2) is 0 Å². The first-order valence-electron chi connectivity index (χ1n) is 9.22. The maximum absolute atomic E-state index is 6.26. The Morgan fingerprint density at radius 3 is 2.71 bits per heavy atom. The highest BCUT2D eigenvalue weighted by molar-refractivity contribution is 4.88. The molecule has 4 rings (SSSR count). The predicted octanol–water partition coefficient (Wildman–Crippen LogP) is 1.46. The van der Waals surface area contributed by atoms with Crippen LogP contribution >= 0.6 is 0 Å². The van der Waals surface area contributed by atoms with Crippen LogP contribution in [0.4, 0.5) is 0 Å². The van der Waals surface area contributed by atoms with E-state index in [1.165, 1.54) is 77.7 Å². The van der Waals surface area contributed by atoms with Crippen LogP contribution in [0.3, 0.4) is 0 Å². The number of fused-ring (bicyclic) bond motifs is 1. The summed E-state index contributed by atoms with van der Waals surface area (Å²) < 4.78 is 6.26. The molecule has 0 bridgehead atoms. The molecule has 21 heavy (non-hydrogen) atoms. The van der Waals surface area contributed by atoms with Gasteiger partial charge in [0.25, 0.3) is 0 Å². The van der Waals surface area contributed by atoms with E-state index in [9.17, 15) is 0 Å². The minimum absolute atomic E-state index is 0.478. The molecule has 1 N–H and O–H groups in total. The monoisotopic (exact) mass is 293 g/mol. The fourth-order valence-electron chi connectivity index (χ4n) is 4.32. The van der Waals surface area contributed by atoms with Crippen LogP contribution in [0.1, 0.15) is 44.9 Å². The summed E-state index contributed by atoms with van der Waals surface area (Å²) in [6, 6.07) is 1.65. The Bertz CT molecular complexity index is 347. The van der Waals surface area contributed by atoms with Crippen molar-refractivity contribution in [1.29, 1.82) is 0 Å². The van der Waals surface area contributed by atoms with E-state index in [4.69, 9.17) is 4.74 Å². The van der Waals surface area contributed by atoms with Gasteiger partial charge in [-0.3, -0.25) is 9.80 Å². The first kappa shape index (κ1) is 14.4. The van der Waals surface area contributed by atoms with Crippen LogP contribution in [0.25, 0.3) is 0 Å². The molecule has 3 aliphatic heterocycles. The number of hydrogen-bond donors (Lipinski definition) is 1. The topological polar surface area (TPSA) is 27.7 Å². The van der Waals surface area contributed by atoms with Crippen molar-refractivity contribution in [3.8, 4) is 0 Å². The number of nitrogens with one attached hydrogen (secondary N) is 1. The minimum atomic E-state index is 0.478. The van der Waals surface area contributed by atoms with Crippen molar-refractivity contribution in [1.82, 2.24) is 15.1 Å². The number of nitrogens with zero attached hydrogens (tertiary/aromatic N) is 2. The third kappa shape index (κ3) is 3.79. The van der Waals surface area contributed by atoms with Crippen LogP contribution in [0.5, 0.6) is 0 Å². The molecule has 4 fully saturated rings. The summed E-state index contributed by atoms with van der Waals surface area (Å²) in [4.78, 5) is 5.39. The second-order valence-electron chi connectivity index (χ2n) is 7.59. The molecule has 0 aromatic heterocycles. The van der Waals surface area contributed by atoms with Gasteiger partial charge >= 0.3 is 0 Å². The molecule has 3 heterocycles. The van der Waals surface area contributed by atoms with Crippen LogP contribution in [0.2, 0.25) is 0 Å². The maximum atomic E-state index is 6.26. The van der Waals surface area contributed by atoms with Gasteiger partial charge in [0.1, 0.15) is 0 Å². The van der Waals surface area contributed by atoms with E-state index in [0.717, 1.165) is 18.6 Å². The van der Waals surface area contributed by atoms with Gasteiger partial charge in [-0.15, -0.1) is 0 Å². The Hall–Kier alpha value is -0.160. The van der Waals surface area contributed by atoms with E-state index in [0.29, 0.717) is 12.2 Å². The summed E-state index contributed by atoms with van der Waals surface area (Å²) in [5, 5.41) is 3.61. The average Bonchev–Trinajstić information content (AvgIpc) is 3.25. The van der Waals surface area contributed by atoms with Crippen molar-refractivity contribution in [3.63, 3.8) is 0 Å². The van der Waals surface area contributed by atoms with Crippen LogP contribution in [-0.4, -0.2) is 73.4 Å². The van der Waals surface area contributed by atoms with Crippen LogP contribution < -0.4 is 5.32 Å². The van der Waals surface area contributed by atoms with Gasteiger partial charge in [0.2, 0.25) is 0 Å². The summed E-state index contributed by atoms with van der Waals surface area (Å²) in [5.74, 6) is 0. The van der Waals surface area contributed by atoms with E-state index in [-0.39, 0.29) is 0 Å². The SMILES string of the molecule is C1CCN2CCN(CC3CCC(CNC4CC4)O3)CC2C1. The fraction of sp³-hybridized carbons (Fsp3) is 1.00. The van der Waals surface area contributed by atoms with Gasteiger partial charge in [0.05, 0.1) is 12.2 Å². The van der Waals surface area contributed by atoms with Crippen molar-refractivity contribution in [2.75, 3.05) is 39.3 Å². The summed E-state index contributed by atoms with van der Waals surface area (Å²) in [5.41, 5.74) is 0. The molecular weight excluding hydrogens is 262 g/mol. The molecule has 1 aliphatic carbocycles. The highest BCUT2D eigenvalue weighted by Crippen LogP contribution is 2.25. The molecule has 0 amide bonds. The summed E-state index contributed by atoms with van der Waals surface area (Å²) >= 11 is 0. The van der Waals surface area contributed by atoms with Gasteiger partial charge < -0.3 is 10.1 Å². The highest BCUT2D eigenvalue weighted by Gasteiger charge is 2.33. The Balaban J connectivity index is 1.19. The molecule has 3 unspecified atom stereocenters. The smallest absolute Gasteiger partial charge is 0.0707 e. The number of ether oxygens (including phenoxy) is 1. The number of rotatable bonds is 5. The summed E-state index contributed by atoms with van der Waals surface area (Å²) in [7, 11) is 0. The van der Waals surface area contributed by atoms with E-state index in [2.05, 4.69) is 15.1 Å². The molecule has 4 nitrogen and oxygen atoms in total. The van der Waals surface area contributed by atoms with Crippen molar-refractivity contribution in [2.45, 2.75) is 69.2 Å². The van der Waals surface area contributed by atoms with Crippen molar-refractivity contribution < 1.29 is 4.74 Å². The lowest BCUT2D eigenvalue weighted by Crippen LogP contribution is -2.55. The number of piperazine rings is 1. The summed E-state index contributed by atoms with van der Waals surface area (Å²) in [6.45, 7) is 7.41. The maximum Gasteiger partial charge on any atom is 0.0707 e. The molecule has 1 saturated carbocycles. The Labute approximate surface area is 129 Å². The van der Waals surface area contributed by atoms with Gasteiger partial charge in [0.15, 0.2) is 0 Å². The standard InChI is InChI=1S/C17H31N3O/c1-2-8-20-10-9-19(12-15(20)3-1)13-17-7-6-16(21-17)11-18-14-4-5-14/h14-18H,1-13H2. The van der Waals surface area contributed by atoms with E-state index >= 15 is 0 Å². The predicted molar refractivity (Wildman–Crippen MR) is 84.6 cm³/mol. The van der Waals surface area contributed by atoms with E-state index < -0.39 is 0 Å². The largest absolute Gasteiger partial charge is 0.372 e. The van der Waals surface area contributed by atoms with Crippen LogP contribution in [0.15, 0.2) is 0 Å². The van der Waals surface area contributed by atoms with E-state index in [1.54, 1.807) is 0 Å². The van der Waals surface area contributed by atoms with Gasteiger partial charge in [-0.1, -0.05) is 6.42 Å². The van der Waals surface area contributed by atoms with Crippen molar-refractivity contribution in [3.05, 3.63) is 0 Å². The molecule has 0 radical (unpaired) electrons. The Kier molecular flexibility index (Phi) is 4.49. The second-order valence-corrected chi connectivity index (χ2v) is 7.59. The second kappa shape index (κ2) is 6.53. The zero-order chi connectivity index (χ0) is 14.1. The van der Waals surface area contributed by atoms with Gasteiger partial charge in [0, 0.05) is 44.8 Å². The third-order valence-electron chi connectivity index (χ3n) is 5.79. The van der Waals surface area contributed by atoms with Crippen molar-refractivity contribution >= 4 is 0 Å². The lowest BCUT2D eigenvalue weighted by molar-refractivity contribution is -0.00584. The Morgan fingerprint density at radius 2 is 1.81 bits per heavy atom. The molecule has 120 valence electrons.